The molecule has 1 aromatic rings. The summed E-state index contributed by atoms with van der Waals surface area (Å²) < 4.78 is 10.8. The largest absolute Gasteiger partial charge is 0.497 e. The van der Waals surface area contributed by atoms with Crippen molar-refractivity contribution in [3.63, 3.8) is 0 Å². The Labute approximate surface area is 129 Å². The predicted molar refractivity (Wildman–Crippen MR) is 86.9 cm³/mol. The zero-order valence-corrected chi connectivity index (χ0v) is 13.6. The zero-order chi connectivity index (χ0) is 15.1. The van der Waals surface area contributed by atoms with Crippen molar-refractivity contribution in [2.75, 3.05) is 20.8 Å². The van der Waals surface area contributed by atoms with Gasteiger partial charge in [-0.15, -0.1) is 0 Å². The molecule has 3 heteroatoms. The first kappa shape index (κ1) is 16.3. The van der Waals surface area contributed by atoms with Crippen LogP contribution >= 0.6 is 0 Å². The molecular formula is C18H29NO2. The summed E-state index contributed by atoms with van der Waals surface area (Å²) in [6.07, 6.45) is 6.61. The predicted octanol–water partition coefficient (Wildman–Crippen LogP) is 3.42. The number of methoxy groups -OCH3 is 1. The van der Waals surface area contributed by atoms with Gasteiger partial charge in [-0.25, -0.2) is 0 Å². The van der Waals surface area contributed by atoms with E-state index < -0.39 is 0 Å². The Bertz CT molecular complexity index is 398. The first-order valence-corrected chi connectivity index (χ1v) is 8.17. The first-order valence-electron chi connectivity index (χ1n) is 8.17. The van der Waals surface area contributed by atoms with Gasteiger partial charge in [0.15, 0.2) is 0 Å². The topological polar surface area (TPSA) is 30.5 Å². The summed E-state index contributed by atoms with van der Waals surface area (Å²) in [5.74, 6) is 1.77. The fourth-order valence-corrected chi connectivity index (χ4v) is 3.15. The minimum atomic E-state index is 0.527. The molecule has 0 aliphatic heterocycles. The molecule has 1 unspecified atom stereocenters. The van der Waals surface area contributed by atoms with E-state index in [0.29, 0.717) is 12.1 Å². The van der Waals surface area contributed by atoms with Gasteiger partial charge < -0.3 is 14.8 Å². The van der Waals surface area contributed by atoms with E-state index in [0.717, 1.165) is 24.7 Å². The normalized spacial score (nSPS) is 22.6. The molecule has 0 radical (unpaired) electrons. The molecule has 1 aromatic carbocycles. The van der Waals surface area contributed by atoms with Gasteiger partial charge in [-0.3, -0.25) is 0 Å². The van der Waals surface area contributed by atoms with Crippen LogP contribution in [0, 0.1) is 5.92 Å². The van der Waals surface area contributed by atoms with Gasteiger partial charge in [-0.1, -0.05) is 12.1 Å². The molecule has 1 N–H and O–H groups in total. The second-order valence-corrected chi connectivity index (χ2v) is 6.02. The van der Waals surface area contributed by atoms with Crippen LogP contribution in [0.4, 0.5) is 0 Å². The summed E-state index contributed by atoms with van der Waals surface area (Å²) in [6.45, 7) is 2.93. The van der Waals surface area contributed by atoms with Crippen LogP contribution < -0.4 is 10.1 Å². The van der Waals surface area contributed by atoms with Gasteiger partial charge in [0.2, 0.25) is 0 Å². The van der Waals surface area contributed by atoms with Gasteiger partial charge in [0.25, 0.3) is 0 Å². The number of nitrogens with one attached hydrogen (secondary N) is 1. The summed E-state index contributed by atoms with van der Waals surface area (Å²) in [7, 11) is 3.79. The SMILES string of the molecule is CCOC1CC(CC(CCc2ccc(OC)cc2)NC)C1. The second kappa shape index (κ2) is 8.40. The molecule has 0 bridgehead atoms. The van der Waals surface area contributed by atoms with E-state index in [9.17, 15) is 0 Å². The Hall–Kier alpha value is -1.06. The van der Waals surface area contributed by atoms with Gasteiger partial charge in [-0.05, 0) is 69.7 Å². The van der Waals surface area contributed by atoms with E-state index in [1.807, 2.05) is 12.1 Å². The van der Waals surface area contributed by atoms with E-state index in [1.54, 1.807) is 7.11 Å². The highest BCUT2D eigenvalue weighted by molar-refractivity contribution is 5.27. The van der Waals surface area contributed by atoms with Crippen LogP contribution in [0.1, 0.15) is 38.2 Å². The fraction of sp³-hybridized carbons (Fsp3) is 0.667. The molecular weight excluding hydrogens is 262 g/mol. The Morgan fingerprint density at radius 2 is 1.95 bits per heavy atom. The molecule has 118 valence electrons. The summed E-state index contributed by atoms with van der Waals surface area (Å²) in [5, 5.41) is 3.48. The Balaban J connectivity index is 1.70. The van der Waals surface area contributed by atoms with Crippen LogP contribution in [0.2, 0.25) is 0 Å². The van der Waals surface area contributed by atoms with Gasteiger partial charge >= 0.3 is 0 Å². The molecule has 1 aliphatic rings. The zero-order valence-electron chi connectivity index (χ0n) is 13.6. The van der Waals surface area contributed by atoms with Crippen molar-refractivity contribution in [1.29, 1.82) is 0 Å². The maximum atomic E-state index is 5.64. The molecule has 0 heterocycles. The highest BCUT2D eigenvalue weighted by Gasteiger charge is 2.30. The van der Waals surface area contributed by atoms with Crippen molar-refractivity contribution in [1.82, 2.24) is 5.32 Å². The van der Waals surface area contributed by atoms with Crippen LogP contribution in [0.15, 0.2) is 24.3 Å². The third-order valence-corrected chi connectivity index (χ3v) is 4.56. The molecule has 3 nitrogen and oxygen atoms in total. The number of hydrogen-bond acceptors (Lipinski definition) is 3. The van der Waals surface area contributed by atoms with Crippen LogP contribution in [-0.4, -0.2) is 32.9 Å². The monoisotopic (exact) mass is 291 g/mol. The van der Waals surface area contributed by atoms with Crippen molar-refractivity contribution in [2.24, 2.45) is 5.92 Å². The van der Waals surface area contributed by atoms with E-state index in [4.69, 9.17) is 9.47 Å². The van der Waals surface area contributed by atoms with E-state index >= 15 is 0 Å². The maximum Gasteiger partial charge on any atom is 0.118 e. The lowest BCUT2D eigenvalue weighted by atomic mass is 9.77. The van der Waals surface area contributed by atoms with Gasteiger partial charge in [0.1, 0.15) is 5.75 Å². The average Bonchev–Trinajstić information content (AvgIpc) is 2.49. The Morgan fingerprint density at radius 3 is 2.52 bits per heavy atom. The van der Waals surface area contributed by atoms with Gasteiger partial charge in [-0.2, -0.15) is 0 Å². The second-order valence-electron chi connectivity index (χ2n) is 6.02. The number of hydrogen-bond donors (Lipinski definition) is 1. The van der Waals surface area contributed by atoms with Crippen LogP contribution in [0.3, 0.4) is 0 Å². The Kier molecular flexibility index (Phi) is 6.52. The molecule has 1 aliphatic carbocycles. The van der Waals surface area contributed by atoms with Crippen molar-refractivity contribution in [3.8, 4) is 5.75 Å². The number of ether oxygens (including phenoxy) is 2. The highest BCUT2D eigenvalue weighted by atomic mass is 16.5. The molecule has 1 atom stereocenters. The lowest BCUT2D eigenvalue weighted by Crippen LogP contribution is -2.37. The van der Waals surface area contributed by atoms with Crippen LogP contribution in [-0.2, 0) is 11.2 Å². The molecule has 0 aromatic heterocycles. The summed E-state index contributed by atoms with van der Waals surface area (Å²) >= 11 is 0. The van der Waals surface area contributed by atoms with E-state index in [2.05, 4.69) is 31.4 Å². The molecule has 21 heavy (non-hydrogen) atoms. The van der Waals surface area contributed by atoms with Gasteiger partial charge in [0.05, 0.1) is 13.2 Å². The van der Waals surface area contributed by atoms with Crippen LogP contribution in [0.25, 0.3) is 0 Å². The molecule has 0 spiro atoms. The number of aryl methyl sites for hydroxylation is 1. The fourth-order valence-electron chi connectivity index (χ4n) is 3.15. The van der Waals surface area contributed by atoms with Crippen LogP contribution in [0.5, 0.6) is 5.75 Å². The van der Waals surface area contributed by atoms with E-state index in [-0.39, 0.29) is 0 Å². The third kappa shape index (κ3) is 5.01. The van der Waals surface area contributed by atoms with Crippen molar-refractivity contribution >= 4 is 0 Å². The maximum absolute atomic E-state index is 5.64. The molecule has 1 saturated carbocycles. The quantitative estimate of drug-likeness (QED) is 0.756. The third-order valence-electron chi connectivity index (χ3n) is 4.56. The lowest BCUT2D eigenvalue weighted by Gasteiger charge is -2.37. The highest BCUT2D eigenvalue weighted by Crippen LogP contribution is 2.34. The summed E-state index contributed by atoms with van der Waals surface area (Å²) in [5.41, 5.74) is 1.39. The van der Waals surface area contributed by atoms with Crippen molar-refractivity contribution < 1.29 is 9.47 Å². The molecule has 2 rings (SSSR count). The standard InChI is InChI=1S/C18H29NO2/c1-4-21-18-12-15(13-18)11-16(19-2)8-5-14-6-9-17(20-3)10-7-14/h6-7,9-10,15-16,18-19H,4-5,8,11-13H2,1-3H3. The molecule has 0 amide bonds. The summed E-state index contributed by atoms with van der Waals surface area (Å²) in [6, 6.07) is 9.03. The van der Waals surface area contributed by atoms with Crippen molar-refractivity contribution in [3.05, 3.63) is 29.8 Å². The summed E-state index contributed by atoms with van der Waals surface area (Å²) in [4.78, 5) is 0. The Morgan fingerprint density at radius 1 is 1.24 bits per heavy atom. The van der Waals surface area contributed by atoms with E-state index in [1.165, 1.54) is 31.2 Å². The minimum Gasteiger partial charge on any atom is -0.497 e. The molecule has 1 fully saturated rings. The first-order chi connectivity index (χ1) is 10.2. The van der Waals surface area contributed by atoms with Gasteiger partial charge in [0, 0.05) is 12.6 Å². The number of rotatable bonds is 9. The van der Waals surface area contributed by atoms with Crippen molar-refractivity contribution in [2.45, 2.75) is 51.2 Å². The number of benzene rings is 1. The minimum absolute atomic E-state index is 0.527. The lowest BCUT2D eigenvalue weighted by molar-refractivity contribution is -0.0290. The average molecular weight is 291 g/mol. The molecule has 0 saturated heterocycles. The smallest absolute Gasteiger partial charge is 0.118 e.